The van der Waals surface area contributed by atoms with Crippen molar-refractivity contribution < 1.29 is 8.78 Å². The summed E-state index contributed by atoms with van der Waals surface area (Å²) in [7, 11) is 1.89. The van der Waals surface area contributed by atoms with E-state index >= 15 is 0 Å². The predicted octanol–water partition coefficient (Wildman–Crippen LogP) is 3.24. The van der Waals surface area contributed by atoms with E-state index in [0.29, 0.717) is 11.7 Å². The average Bonchev–Trinajstić information content (AvgIpc) is 2.28. The summed E-state index contributed by atoms with van der Waals surface area (Å²) in [5.74, 6) is -0.590. The summed E-state index contributed by atoms with van der Waals surface area (Å²) in [6.07, 6.45) is 0.716. The van der Waals surface area contributed by atoms with Gasteiger partial charge in [-0.2, -0.15) is 11.8 Å². The third kappa shape index (κ3) is 5.04. The third-order valence-corrected chi connectivity index (χ3v) is 3.77. The second kappa shape index (κ2) is 6.97. The summed E-state index contributed by atoms with van der Waals surface area (Å²) in [6, 6.07) is 4.39. The van der Waals surface area contributed by atoms with Crippen LogP contribution in [0.3, 0.4) is 0 Å². The number of likely N-dealkylation sites (N-methyl/N-ethyl adjacent to an activating group) is 1. The van der Waals surface area contributed by atoms with Crippen LogP contribution in [-0.2, 0) is 6.42 Å². The molecule has 0 fully saturated rings. The molecule has 17 heavy (non-hydrogen) atoms. The highest BCUT2D eigenvalue weighted by Crippen LogP contribution is 2.15. The van der Waals surface area contributed by atoms with E-state index in [-0.39, 0.29) is 6.04 Å². The second-order valence-electron chi connectivity index (χ2n) is 4.32. The summed E-state index contributed by atoms with van der Waals surface area (Å²) in [4.78, 5) is 0. The van der Waals surface area contributed by atoms with E-state index in [1.165, 1.54) is 12.1 Å². The van der Waals surface area contributed by atoms with Gasteiger partial charge in [-0.15, -0.1) is 0 Å². The molecule has 96 valence electrons. The van der Waals surface area contributed by atoms with Crippen molar-refractivity contribution in [3.63, 3.8) is 0 Å². The fraction of sp³-hybridized carbons (Fsp3) is 0.538. The van der Waals surface area contributed by atoms with Gasteiger partial charge in [0, 0.05) is 11.8 Å². The number of halogens is 2. The third-order valence-electron chi connectivity index (χ3n) is 2.51. The minimum absolute atomic E-state index is 0.285. The van der Waals surface area contributed by atoms with Crippen molar-refractivity contribution in [2.75, 3.05) is 12.8 Å². The van der Waals surface area contributed by atoms with Gasteiger partial charge in [0.05, 0.1) is 0 Å². The highest BCUT2D eigenvalue weighted by molar-refractivity contribution is 7.99. The van der Waals surface area contributed by atoms with Crippen LogP contribution in [0.2, 0.25) is 0 Å². The zero-order valence-corrected chi connectivity index (χ0v) is 11.3. The zero-order chi connectivity index (χ0) is 12.8. The maximum absolute atomic E-state index is 13.0. The quantitative estimate of drug-likeness (QED) is 0.841. The Morgan fingerprint density at radius 2 is 1.94 bits per heavy atom. The molecule has 0 aliphatic heterocycles. The summed E-state index contributed by atoms with van der Waals surface area (Å²) in [5.41, 5.74) is 0.826. The minimum Gasteiger partial charge on any atom is -0.316 e. The first-order valence-electron chi connectivity index (χ1n) is 5.75. The maximum atomic E-state index is 13.0. The van der Waals surface area contributed by atoms with Gasteiger partial charge in [-0.1, -0.05) is 19.9 Å². The van der Waals surface area contributed by atoms with Gasteiger partial charge in [-0.05, 0) is 36.4 Å². The van der Waals surface area contributed by atoms with Crippen LogP contribution in [0.4, 0.5) is 8.78 Å². The molecule has 0 amide bonds. The highest BCUT2D eigenvalue weighted by Gasteiger charge is 2.10. The molecule has 1 unspecified atom stereocenters. The maximum Gasteiger partial charge on any atom is 0.159 e. The monoisotopic (exact) mass is 259 g/mol. The molecule has 0 radical (unpaired) electrons. The van der Waals surface area contributed by atoms with Crippen LogP contribution < -0.4 is 5.32 Å². The van der Waals surface area contributed by atoms with Gasteiger partial charge in [-0.3, -0.25) is 0 Å². The van der Waals surface area contributed by atoms with Crippen molar-refractivity contribution in [1.29, 1.82) is 0 Å². The van der Waals surface area contributed by atoms with Gasteiger partial charge in [-0.25, -0.2) is 8.78 Å². The van der Waals surface area contributed by atoms with E-state index in [4.69, 9.17) is 0 Å². The lowest BCUT2D eigenvalue weighted by Crippen LogP contribution is -2.30. The molecule has 0 heterocycles. The summed E-state index contributed by atoms with van der Waals surface area (Å²) >= 11 is 1.86. The van der Waals surface area contributed by atoms with E-state index in [2.05, 4.69) is 19.2 Å². The Balaban J connectivity index is 2.57. The Bertz CT molecular complexity index is 355. The van der Waals surface area contributed by atoms with Crippen molar-refractivity contribution in [3.05, 3.63) is 35.4 Å². The first kappa shape index (κ1) is 14.5. The number of nitrogens with one attached hydrogen (secondary N) is 1. The molecular weight excluding hydrogens is 240 g/mol. The summed E-state index contributed by atoms with van der Waals surface area (Å²) in [5, 5.41) is 3.78. The second-order valence-corrected chi connectivity index (χ2v) is 5.93. The van der Waals surface area contributed by atoms with Gasteiger partial charge < -0.3 is 5.32 Å². The van der Waals surface area contributed by atoms with Crippen LogP contribution >= 0.6 is 11.8 Å². The van der Waals surface area contributed by atoms with Crippen LogP contribution in [0.5, 0.6) is 0 Å². The van der Waals surface area contributed by atoms with Crippen LogP contribution in [-0.4, -0.2) is 24.1 Å². The molecule has 1 nitrogen and oxygen atoms in total. The fourth-order valence-corrected chi connectivity index (χ4v) is 2.41. The number of thioether (sulfide) groups is 1. The largest absolute Gasteiger partial charge is 0.316 e. The fourth-order valence-electron chi connectivity index (χ4n) is 1.50. The molecule has 0 saturated carbocycles. The van der Waals surface area contributed by atoms with Crippen LogP contribution in [0.25, 0.3) is 0 Å². The van der Waals surface area contributed by atoms with Crippen molar-refractivity contribution in [1.82, 2.24) is 5.32 Å². The minimum atomic E-state index is -0.786. The Kier molecular flexibility index (Phi) is 5.92. The SMILES string of the molecule is CNC(CSC(C)C)Cc1ccc(F)c(F)c1. The first-order chi connectivity index (χ1) is 8.02. The predicted molar refractivity (Wildman–Crippen MR) is 70.5 cm³/mol. The van der Waals surface area contributed by atoms with Gasteiger partial charge in [0.25, 0.3) is 0 Å². The molecule has 4 heteroatoms. The van der Waals surface area contributed by atoms with Crippen molar-refractivity contribution >= 4 is 11.8 Å². The van der Waals surface area contributed by atoms with E-state index < -0.39 is 11.6 Å². The molecule has 0 aliphatic carbocycles. The van der Waals surface area contributed by atoms with Crippen molar-refractivity contribution in [2.45, 2.75) is 31.6 Å². The van der Waals surface area contributed by atoms with Gasteiger partial charge in [0.1, 0.15) is 0 Å². The van der Waals surface area contributed by atoms with Crippen LogP contribution in [0.15, 0.2) is 18.2 Å². The molecule has 0 aliphatic rings. The van der Waals surface area contributed by atoms with E-state index in [9.17, 15) is 8.78 Å². The normalized spacial score (nSPS) is 13.1. The Labute approximate surface area is 106 Å². The topological polar surface area (TPSA) is 12.0 Å². The van der Waals surface area contributed by atoms with Gasteiger partial charge >= 0.3 is 0 Å². The average molecular weight is 259 g/mol. The van der Waals surface area contributed by atoms with Gasteiger partial charge in [0.2, 0.25) is 0 Å². The van der Waals surface area contributed by atoms with Crippen molar-refractivity contribution in [2.24, 2.45) is 0 Å². The smallest absolute Gasteiger partial charge is 0.159 e. The summed E-state index contributed by atoms with van der Waals surface area (Å²) in [6.45, 7) is 4.30. The molecule has 0 aromatic heterocycles. The lowest BCUT2D eigenvalue weighted by atomic mass is 10.1. The molecular formula is C13H19F2NS. The highest BCUT2D eigenvalue weighted by atomic mass is 32.2. The zero-order valence-electron chi connectivity index (χ0n) is 10.5. The molecule has 1 atom stereocenters. The number of benzene rings is 1. The molecule has 0 spiro atoms. The molecule has 1 aromatic carbocycles. The molecule has 1 N–H and O–H groups in total. The first-order valence-corrected chi connectivity index (χ1v) is 6.80. The molecule has 1 aromatic rings. The lowest BCUT2D eigenvalue weighted by molar-refractivity contribution is 0.505. The number of hydrogen-bond acceptors (Lipinski definition) is 2. The standard InChI is InChI=1S/C13H19F2NS/c1-9(2)17-8-11(16-3)6-10-4-5-12(14)13(15)7-10/h4-5,7,9,11,16H,6,8H2,1-3H3. The molecule has 1 rings (SSSR count). The van der Waals surface area contributed by atoms with Gasteiger partial charge in [0.15, 0.2) is 11.6 Å². The van der Waals surface area contributed by atoms with Crippen LogP contribution in [0.1, 0.15) is 19.4 Å². The number of rotatable bonds is 6. The van der Waals surface area contributed by atoms with E-state index in [0.717, 1.165) is 11.3 Å². The van der Waals surface area contributed by atoms with E-state index in [1.807, 2.05) is 18.8 Å². The van der Waals surface area contributed by atoms with Crippen molar-refractivity contribution in [3.8, 4) is 0 Å². The number of hydrogen-bond donors (Lipinski definition) is 1. The van der Waals surface area contributed by atoms with Crippen LogP contribution in [0, 0.1) is 11.6 Å². The lowest BCUT2D eigenvalue weighted by Gasteiger charge is -2.17. The Hall–Kier alpha value is -0.610. The summed E-state index contributed by atoms with van der Waals surface area (Å²) < 4.78 is 25.8. The molecule has 0 saturated heterocycles. The Morgan fingerprint density at radius 3 is 2.47 bits per heavy atom. The van der Waals surface area contributed by atoms with E-state index in [1.54, 1.807) is 6.07 Å². The Morgan fingerprint density at radius 1 is 1.24 bits per heavy atom. The molecule has 0 bridgehead atoms.